The van der Waals surface area contributed by atoms with E-state index in [1.165, 1.54) is 31.3 Å². The molecule has 0 saturated heterocycles. The maximum atomic E-state index is 11.1. The highest BCUT2D eigenvalue weighted by Gasteiger charge is 2.16. The summed E-state index contributed by atoms with van der Waals surface area (Å²) in [6.45, 7) is 1.44. The quantitative estimate of drug-likeness (QED) is 0.482. The second kappa shape index (κ2) is 5.79. The summed E-state index contributed by atoms with van der Waals surface area (Å²) in [4.78, 5) is 25.4. The van der Waals surface area contributed by atoms with Crippen LogP contribution in [-0.4, -0.2) is 15.7 Å². The monoisotopic (exact) mass is 336 g/mol. The lowest BCUT2D eigenvalue weighted by Gasteiger charge is -2.07. The van der Waals surface area contributed by atoms with Crippen molar-refractivity contribution in [1.29, 1.82) is 0 Å². The fourth-order valence-electron chi connectivity index (χ4n) is 1.48. The number of carbonyl (C=O) groups is 1. The van der Waals surface area contributed by atoms with Gasteiger partial charge in [0.25, 0.3) is 5.69 Å². The summed E-state index contributed by atoms with van der Waals surface area (Å²) < 4.78 is 5.70. The first kappa shape index (κ1) is 14.1. The molecule has 0 saturated carbocycles. The molecule has 0 unspecified atom stereocenters. The van der Waals surface area contributed by atoms with Gasteiger partial charge < -0.3 is 4.74 Å². The van der Waals surface area contributed by atoms with Crippen molar-refractivity contribution in [1.82, 2.24) is 4.98 Å². The smallest absolute Gasteiger partial charge is 0.287 e. The number of rotatable bonds is 4. The Balaban J connectivity index is 2.28. The van der Waals surface area contributed by atoms with Crippen LogP contribution in [-0.2, 0) is 0 Å². The highest BCUT2D eigenvalue weighted by molar-refractivity contribution is 9.10. The van der Waals surface area contributed by atoms with Crippen molar-refractivity contribution in [2.75, 3.05) is 0 Å². The topological polar surface area (TPSA) is 82.3 Å². The summed E-state index contributed by atoms with van der Waals surface area (Å²) in [7, 11) is 0. The van der Waals surface area contributed by atoms with Crippen LogP contribution in [0.1, 0.15) is 17.3 Å². The molecule has 7 heteroatoms. The molecule has 0 bridgehead atoms. The van der Waals surface area contributed by atoms with Crippen LogP contribution < -0.4 is 4.74 Å². The van der Waals surface area contributed by atoms with Crippen LogP contribution in [0.15, 0.2) is 41.0 Å². The molecule has 1 aromatic heterocycles. The normalized spacial score (nSPS) is 10.1. The Labute approximate surface area is 122 Å². The van der Waals surface area contributed by atoms with E-state index in [-0.39, 0.29) is 27.6 Å². The molecule has 0 aliphatic rings. The second-order valence-electron chi connectivity index (χ2n) is 3.89. The van der Waals surface area contributed by atoms with Gasteiger partial charge in [-0.15, -0.1) is 0 Å². The summed E-state index contributed by atoms with van der Waals surface area (Å²) in [5.41, 5.74) is 0.373. The summed E-state index contributed by atoms with van der Waals surface area (Å²) in [5, 5.41) is 10.8. The van der Waals surface area contributed by atoms with Gasteiger partial charge in [0.1, 0.15) is 4.47 Å². The van der Waals surface area contributed by atoms with Crippen molar-refractivity contribution >= 4 is 27.4 Å². The van der Waals surface area contributed by atoms with Gasteiger partial charge in [-0.2, -0.15) is 0 Å². The molecule has 102 valence electrons. The predicted molar refractivity (Wildman–Crippen MR) is 75.1 cm³/mol. The van der Waals surface area contributed by atoms with Crippen molar-refractivity contribution < 1.29 is 14.5 Å². The molecule has 0 atom stereocenters. The van der Waals surface area contributed by atoms with E-state index in [1.807, 2.05) is 0 Å². The van der Waals surface area contributed by atoms with Gasteiger partial charge in [0.2, 0.25) is 5.88 Å². The number of nitro benzene ring substituents is 1. The maximum Gasteiger partial charge on any atom is 0.287 e. The number of hydrogen-bond acceptors (Lipinski definition) is 5. The lowest BCUT2D eigenvalue weighted by Crippen LogP contribution is -1.96. The second-order valence-corrected chi connectivity index (χ2v) is 4.68. The number of nitro groups is 1. The summed E-state index contributed by atoms with van der Waals surface area (Å²) >= 11 is 3.13. The lowest BCUT2D eigenvalue weighted by atomic mass is 10.2. The number of ketones is 1. The number of carbonyl (C=O) groups excluding carboxylic acids is 1. The van der Waals surface area contributed by atoms with Gasteiger partial charge in [0, 0.05) is 23.9 Å². The first-order chi connectivity index (χ1) is 9.49. The van der Waals surface area contributed by atoms with Crippen LogP contribution in [0.3, 0.4) is 0 Å². The van der Waals surface area contributed by atoms with E-state index in [0.29, 0.717) is 5.56 Å². The molecule has 6 nitrogen and oxygen atoms in total. The molecule has 0 aliphatic carbocycles. The van der Waals surface area contributed by atoms with Gasteiger partial charge >= 0.3 is 0 Å². The van der Waals surface area contributed by atoms with E-state index < -0.39 is 4.92 Å². The van der Waals surface area contributed by atoms with E-state index in [9.17, 15) is 14.9 Å². The van der Waals surface area contributed by atoms with Crippen LogP contribution in [0.2, 0.25) is 0 Å². The van der Waals surface area contributed by atoms with E-state index >= 15 is 0 Å². The van der Waals surface area contributed by atoms with Gasteiger partial charge in [-0.05, 0) is 35.0 Å². The molecule has 0 spiro atoms. The molecular formula is C13H9BrN2O4. The molecular weight excluding hydrogens is 328 g/mol. The van der Waals surface area contributed by atoms with Crippen LogP contribution in [0.25, 0.3) is 0 Å². The SMILES string of the molecule is CC(=O)c1ccc(Oc2cccc([N+](=O)[O-])c2Br)nc1. The first-order valence-electron chi connectivity index (χ1n) is 5.57. The van der Waals surface area contributed by atoms with E-state index in [1.54, 1.807) is 12.1 Å². The number of hydrogen-bond donors (Lipinski definition) is 0. The maximum absolute atomic E-state index is 11.1. The minimum atomic E-state index is -0.511. The zero-order valence-corrected chi connectivity index (χ0v) is 12.0. The minimum Gasteiger partial charge on any atom is -0.438 e. The van der Waals surface area contributed by atoms with Gasteiger partial charge in [-0.3, -0.25) is 14.9 Å². The average molecular weight is 337 g/mol. The number of halogens is 1. The number of pyridine rings is 1. The number of benzene rings is 1. The van der Waals surface area contributed by atoms with Crippen LogP contribution >= 0.6 is 15.9 Å². The Bertz CT molecular complexity index is 671. The van der Waals surface area contributed by atoms with Gasteiger partial charge in [0.05, 0.1) is 4.92 Å². The van der Waals surface area contributed by atoms with Crippen molar-refractivity contribution in [2.45, 2.75) is 6.92 Å². The fourth-order valence-corrected chi connectivity index (χ4v) is 1.97. The third-order valence-corrected chi connectivity index (χ3v) is 3.29. The zero-order chi connectivity index (χ0) is 14.7. The lowest BCUT2D eigenvalue weighted by molar-refractivity contribution is -0.385. The summed E-state index contributed by atoms with van der Waals surface area (Å²) in [6, 6.07) is 7.57. The van der Waals surface area contributed by atoms with E-state index in [4.69, 9.17) is 4.74 Å². The van der Waals surface area contributed by atoms with Gasteiger partial charge in [-0.1, -0.05) is 6.07 Å². The van der Waals surface area contributed by atoms with Crippen molar-refractivity contribution in [3.05, 3.63) is 56.7 Å². The fraction of sp³-hybridized carbons (Fsp3) is 0.0769. The molecule has 1 aromatic carbocycles. The molecule has 0 aliphatic heterocycles. The Morgan fingerprint density at radius 1 is 1.35 bits per heavy atom. The molecule has 0 amide bonds. The van der Waals surface area contributed by atoms with Crippen molar-refractivity contribution in [3.63, 3.8) is 0 Å². The Morgan fingerprint density at radius 2 is 2.10 bits per heavy atom. The number of nitrogens with zero attached hydrogens (tertiary/aromatic N) is 2. The van der Waals surface area contributed by atoms with Crippen LogP contribution in [0, 0.1) is 10.1 Å². The molecule has 2 aromatic rings. The molecule has 20 heavy (non-hydrogen) atoms. The predicted octanol–water partition coefficient (Wildman–Crippen LogP) is 3.75. The molecule has 0 radical (unpaired) electrons. The van der Waals surface area contributed by atoms with Gasteiger partial charge in [-0.25, -0.2) is 4.98 Å². The third kappa shape index (κ3) is 3.00. The summed E-state index contributed by atoms with van der Waals surface area (Å²) in [5.74, 6) is 0.430. The molecule has 1 heterocycles. The third-order valence-electron chi connectivity index (χ3n) is 2.50. The zero-order valence-electron chi connectivity index (χ0n) is 10.4. The van der Waals surface area contributed by atoms with E-state index in [2.05, 4.69) is 20.9 Å². The average Bonchev–Trinajstić information content (AvgIpc) is 2.41. The van der Waals surface area contributed by atoms with E-state index in [0.717, 1.165) is 0 Å². The van der Waals surface area contributed by atoms with Crippen LogP contribution in [0.5, 0.6) is 11.6 Å². The van der Waals surface area contributed by atoms with Crippen LogP contribution in [0.4, 0.5) is 5.69 Å². The molecule has 0 N–H and O–H groups in total. The Hall–Kier alpha value is -2.28. The van der Waals surface area contributed by atoms with Gasteiger partial charge in [0.15, 0.2) is 11.5 Å². The number of aromatic nitrogens is 1. The molecule has 0 fully saturated rings. The number of ether oxygens (including phenoxy) is 1. The standard InChI is InChI=1S/C13H9BrN2O4/c1-8(17)9-5-6-12(15-7-9)20-11-4-2-3-10(13(11)14)16(18)19/h2-7H,1H3. The Kier molecular flexibility index (Phi) is 4.09. The summed E-state index contributed by atoms with van der Waals surface area (Å²) in [6.07, 6.45) is 1.39. The highest BCUT2D eigenvalue weighted by Crippen LogP contribution is 2.35. The molecule has 2 rings (SSSR count). The first-order valence-corrected chi connectivity index (χ1v) is 6.36. The minimum absolute atomic E-state index is 0.0946. The largest absolute Gasteiger partial charge is 0.438 e. The highest BCUT2D eigenvalue weighted by atomic mass is 79.9. The van der Waals surface area contributed by atoms with Crippen molar-refractivity contribution in [3.8, 4) is 11.6 Å². The Morgan fingerprint density at radius 3 is 2.65 bits per heavy atom. The number of Topliss-reactive ketones (excluding diaryl/α,β-unsaturated/α-hetero) is 1. The van der Waals surface area contributed by atoms with Crippen molar-refractivity contribution in [2.24, 2.45) is 0 Å².